The van der Waals surface area contributed by atoms with Crippen LogP contribution in [0.15, 0.2) is 65.1 Å². The Morgan fingerprint density at radius 3 is 2.59 bits per heavy atom. The highest BCUT2D eigenvalue weighted by Gasteiger charge is 2.51. The van der Waals surface area contributed by atoms with E-state index >= 15 is 0 Å². The number of hydrogen-bond acceptors (Lipinski definition) is 4. The van der Waals surface area contributed by atoms with Gasteiger partial charge in [-0.3, -0.25) is 9.59 Å². The van der Waals surface area contributed by atoms with Crippen molar-refractivity contribution < 1.29 is 14.7 Å². The predicted molar refractivity (Wildman–Crippen MR) is 119 cm³/mol. The van der Waals surface area contributed by atoms with E-state index in [1.165, 1.54) is 0 Å². The maximum atomic E-state index is 13.3. The molecule has 0 aliphatic carbocycles. The summed E-state index contributed by atoms with van der Waals surface area (Å²) in [6, 6.07) is 18.4. The molecule has 0 bridgehead atoms. The predicted octanol–water partition coefficient (Wildman–Crippen LogP) is 5.21. The number of ketones is 1. The Morgan fingerprint density at radius 2 is 1.90 bits per heavy atom. The van der Waals surface area contributed by atoms with Crippen LogP contribution in [0.2, 0.25) is 4.34 Å². The number of aliphatic hydroxyl groups is 1. The van der Waals surface area contributed by atoms with E-state index in [4.69, 9.17) is 11.6 Å². The first-order valence-electron chi connectivity index (χ1n) is 9.05. The summed E-state index contributed by atoms with van der Waals surface area (Å²) in [4.78, 5) is 28.0. The molecule has 1 aliphatic heterocycles. The van der Waals surface area contributed by atoms with E-state index in [1.807, 2.05) is 36.4 Å². The largest absolute Gasteiger partial charge is 0.375 e. The van der Waals surface area contributed by atoms with E-state index < -0.39 is 11.5 Å². The number of benzene rings is 2. The lowest BCUT2D eigenvalue weighted by Gasteiger charge is -2.22. The number of amides is 1. The van der Waals surface area contributed by atoms with Crippen LogP contribution in [0.4, 0.5) is 5.69 Å². The van der Waals surface area contributed by atoms with Gasteiger partial charge >= 0.3 is 0 Å². The number of carbonyl (C=O) groups excluding carboxylic acids is 2. The van der Waals surface area contributed by atoms with Crippen LogP contribution in [0.3, 0.4) is 0 Å². The highest BCUT2D eigenvalue weighted by atomic mass is 79.9. The number of nitrogens with zero attached hydrogens (tertiary/aromatic N) is 1. The molecule has 0 radical (unpaired) electrons. The average Bonchev–Trinajstić information content (AvgIpc) is 3.23. The SMILES string of the molecule is O=C(C[C@]1(O)C(=O)N(CCc2ccccc2)c2ccc(Br)cc21)c1ccc(Cl)s1. The van der Waals surface area contributed by atoms with Gasteiger partial charge in [0, 0.05) is 16.6 Å². The fourth-order valence-electron chi connectivity index (χ4n) is 3.58. The van der Waals surface area contributed by atoms with Gasteiger partial charge in [-0.1, -0.05) is 57.9 Å². The summed E-state index contributed by atoms with van der Waals surface area (Å²) in [5.74, 6) is -0.786. The number of fused-ring (bicyclic) bond motifs is 1. The summed E-state index contributed by atoms with van der Waals surface area (Å²) >= 11 is 10.5. The van der Waals surface area contributed by atoms with E-state index in [0.29, 0.717) is 33.4 Å². The topological polar surface area (TPSA) is 57.6 Å². The van der Waals surface area contributed by atoms with Gasteiger partial charge in [0.25, 0.3) is 5.91 Å². The summed E-state index contributed by atoms with van der Waals surface area (Å²) in [6.07, 6.45) is 0.320. The van der Waals surface area contributed by atoms with E-state index in [2.05, 4.69) is 15.9 Å². The van der Waals surface area contributed by atoms with Gasteiger partial charge in [-0.25, -0.2) is 0 Å². The Morgan fingerprint density at radius 1 is 1.14 bits per heavy atom. The van der Waals surface area contributed by atoms with Crippen LogP contribution in [0.1, 0.15) is 27.2 Å². The third kappa shape index (κ3) is 3.90. The van der Waals surface area contributed by atoms with Crippen molar-refractivity contribution in [3.05, 3.63) is 85.5 Å². The fraction of sp³-hybridized carbons (Fsp3) is 0.182. The Balaban J connectivity index is 1.65. The summed E-state index contributed by atoms with van der Waals surface area (Å²) in [7, 11) is 0. The second-order valence-corrected chi connectivity index (χ2v) is 9.55. The van der Waals surface area contributed by atoms with Crippen molar-refractivity contribution in [2.45, 2.75) is 18.4 Å². The molecule has 2 heterocycles. The molecule has 3 aromatic rings. The Labute approximate surface area is 185 Å². The van der Waals surface area contributed by atoms with Gasteiger partial charge < -0.3 is 10.0 Å². The van der Waals surface area contributed by atoms with Crippen LogP contribution >= 0.6 is 38.9 Å². The van der Waals surface area contributed by atoms with Gasteiger partial charge in [0.2, 0.25) is 0 Å². The summed E-state index contributed by atoms with van der Waals surface area (Å²) in [5, 5.41) is 11.4. The van der Waals surface area contributed by atoms with Crippen LogP contribution < -0.4 is 4.90 Å². The number of halogens is 2. The molecule has 2 aromatic carbocycles. The van der Waals surface area contributed by atoms with Crippen LogP contribution in [0, 0.1) is 0 Å². The number of rotatable bonds is 6. The molecular formula is C22H17BrClNO3S. The molecule has 4 rings (SSSR count). The maximum Gasteiger partial charge on any atom is 0.264 e. The zero-order chi connectivity index (χ0) is 20.6. The monoisotopic (exact) mass is 489 g/mol. The van der Waals surface area contributed by atoms with Crippen molar-refractivity contribution in [1.29, 1.82) is 0 Å². The van der Waals surface area contributed by atoms with Crippen LogP contribution in [-0.4, -0.2) is 23.3 Å². The molecule has 0 unspecified atom stereocenters. The molecule has 0 saturated carbocycles. The highest BCUT2D eigenvalue weighted by molar-refractivity contribution is 9.10. The number of carbonyl (C=O) groups is 2. The smallest absolute Gasteiger partial charge is 0.264 e. The first-order chi connectivity index (χ1) is 13.9. The minimum Gasteiger partial charge on any atom is -0.375 e. The van der Waals surface area contributed by atoms with Gasteiger partial charge in [0.15, 0.2) is 11.4 Å². The molecule has 1 N–H and O–H groups in total. The van der Waals surface area contributed by atoms with Gasteiger partial charge in [-0.15, -0.1) is 11.3 Å². The second-order valence-electron chi connectivity index (χ2n) is 6.92. The molecule has 29 heavy (non-hydrogen) atoms. The quantitative estimate of drug-likeness (QED) is 0.482. The molecule has 0 spiro atoms. The summed E-state index contributed by atoms with van der Waals surface area (Å²) < 4.78 is 1.23. The van der Waals surface area contributed by atoms with Gasteiger partial charge in [0.1, 0.15) is 0 Å². The minimum absolute atomic E-state index is 0.311. The lowest BCUT2D eigenvalue weighted by Crippen LogP contribution is -2.42. The van der Waals surface area contributed by atoms with E-state index in [0.717, 1.165) is 21.4 Å². The molecule has 0 fully saturated rings. The lowest BCUT2D eigenvalue weighted by atomic mass is 9.89. The van der Waals surface area contributed by atoms with Gasteiger partial charge in [0.05, 0.1) is 21.3 Å². The van der Waals surface area contributed by atoms with Crippen molar-refractivity contribution in [3.63, 3.8) is 0 Å². The number of anilines is 1. The number of Topliss-reactive ketones (excluding diaryl/α,β-unsaturated/α-hetero) is 1. The third-order valence-electron chi connectivity index (χ3n) is 5.03. The van der Waals surface area contributed by atoms with Crippen molar-refractivity contribution in [2.75, 3.05) is 11.4 Å². The number of thiophene rings is 1. The highest BCUT2D eigenvalue weighted by Crippen LogP contribution is 2.44. The molecule has 1 aliphatic rings. The first kappa shape index (κ1) is 20.3. The summed E-state index contributed by atoms with van der Waals surface area (Å²) in [5.41, 5.74) is 0.275. The molecule has 1 atom stereocenters. The van der Waals surface area contributed by atoms with Crippen LogP contribution in [-0.2, 0) is 16.8 Å². The molecule has 1 amide bonds. The Hall–Kier alpha value is -1.99. The normalized spacial score (nSPS) is 18.2. The van der Waals surface area contributed by atoms with E-state index in [1.54, 1.807) is 29.2 Å². The third-order valence-corrected chi connectivity index (χ3v) is 6.79. The molecule has 1 aromatic heterocycles. The van der Waals surface area contributed by atoms with Crippen molar-refractivity contribution >= 4 is 56.2 Å². The molecule has 4 nitrogen and oxygen atoms in total. The van der Waals surface area contributed by atoms with Crippen LogP contribution in [0.5, 0.6) is 0 Å². The zero-order valence-electron chi connectivity index (χ0n) is 15.3. The molecule has 7 heteroatoms. The number of hydrogen-bond donors (Lipinski definition) is 1. The van der Waals surface area contributed by atoms with Crippen molar-refractivity contribution in [2.24, 2.45) is 0 Å². The minimum atomic E-state index is -1.90. The van der Waals surface area contributed by atoms with Crippen molar-refractivity contribution in [3.8, 4) is 0 Å². The standard InChI is InChI=1S/C22H17BrClNO3S/c23-15-6-7-17-16(12-15)22(28,13-18(26)19-8-9-20(24)29-19)21(27)25(17)11-10-14-4-2-1-3-5-14/h1-9,12,28H,10-11,13H2/t22-/m1/s1. The van der Waals surface area contributed by atoms with E-state index in [-0.39, 0.29) is 12.2 Å². The van der Waals surface area contributed by atoms with Crippen LogP contribution in [0.25, 0.3) is 0 Å². The molecular weight excluding hydrogens is 474 g/mol. The van der Waals surface area contributed by atoms with Gasteiger partial charge in [-0.2, -0.15) is 0 Å². The second kappa shape index (κ2) is 8.03. The summed E-state index contributed by atoms with van der Waals surface area (Å²) in [6.45, 7) is 0.415. The zero-order valence-corrected chi connectivity index (χ0v) is 18.4. The maximum absolute atomic E-state index is 13.3. The first-order valence-corrected chi connectivity index (χ1v) is 11.0. The molecule has 148 valence electrons. The van der Waals surface area contributed by atoms with Crippen molar-refractivity contribution in [1.82, 2.24) is 0 Å². The fourth-order valence-corrected chi connectivity index (χ4v) is 4.93. The van der Waals surface area contributed by atoms with E-state index in [9.17, 15) is 14.7 Å². The Kier molecular flexibility index (Phi) is 5.62. The Bertz CT molecular complexity index is 1080. The lowest BCUT2D eigenvalue weighted by molar-refractivity contribution is -0.135. The average molecular weight is 491 g/mol. The molecule has 0 saturated heterocycles. The van der Waals surface area contributed by atoms with Gasteiger partial charge in [-0.05, 0) is 42.3 Å².